The van der Waals surface area contributed by atoms with Crippen LogP contribution in [0, 0.1) is 0 Å². The van der Waals surface area contributed by atoms with Crippen LogP contribution in [0.5, 0.6) is 0 Å². The number of phosphoric acid groups is 1. The number of ether oxygens (including phenoxy) is 1. The van der Waals surface area contributed by atoms with Gasteiger partial charge in [0.25, 0.3) is 14.1 Å². The van der Waals surface area contributed by atoms with Gasteiger partial charge in [-0.05, 0) is 6.92 Å². The molecule has 0 fully saturated rings. The molecular formula is C9H18NO6P. The molecular weight excluding hydrogens is 249 g/mol. The van der Waals surface area contributed by atoms with Crippen LogP contribution < -0.4 is 4.89 Å². The van der Waals surface area contributed by atoms with Gasteiger partial charge < -0.3 is 19.0 Å². The SMILES string of the molecule is C=C(C)C(=O)OC(C[N+](C)(C)C)OP(=O)([O-])O. The first kappa shape index (κ1) is 16.3. The average Bonchev–Trinajstić information content (AvgIpc) is 1.96. The van der Waals surface area contributed by atoms with E-state index in [-0.39, 0.29) is 16.6 Å². The molecule has 17 heavy (non-hydrogen) atoms. The maximum atomic E-state index is 11.2. The zero-order chi connectivity index (χ0) is 13.9. The van der Waals surface area contributed by atoms with Crippen molar-refractivity contribution in [2.75, 3.05) is 27.7 Å². The lowest BCUT2D eigenvalue weighted by Gasteiger charge is -2.30. The third-order valence-corrected chi connectivity index (χ3v) is 2.04. The van der Waals surface area contributed by atoms with Crippen molar-refractivity contribution < 1.29 is 32.9 Å². The van der Waals surface area contributed by atoms with Gasteiger partial charge in [0.2, 0.25) is 0 Å². The molecule has 0 aliphatic rings. The average molecular weight is 267 g/mol. The Morgan fingerprint density at radius 1 is 1.53 bits per heavy atom. The van der Waals surface area contributed by atoms with Crippen molar-refractivity contribution in [1.82, 2.24) is 0 Å². The molecule has 0 saturated heterocycles. The zero-order valence-corrected chi connectivity index (χ0v) is 11.3. The lowest BCUT2D eigenvalue weighted by molar-refractivity contribution is -0.875. The van der Waals surface area contributed by atoms with Crippen LogP contribution in [0.15, 0.2) is 12.2 Å². The van der Waals surface area contributed by atoms with Crippen molar-refractivity contribution in [3.63, 3.8) is 0 Å². The molecule has 2 atom stereocenters. The largest absolute Gasteiger partial charge is 0.756 e. The van der Waals surface area contributed by atoms with Crippen LogP contribution in [0.4, 0.5) is 0 Å². The molecule has 0 heterocycles. The van der Waals surface area contributed by atoms with Gasteiger partial charge in [0.1, 0.15) is 6.54 Å². The van der Waals surface area contributed by atoms with Gasteiger partial charge >= 0.3 is 5.97 Å². The van der Waals surface area contributed by atoms with E-state index in [1.54, 1.807) is 21.1 Å². The maximum Gasteiger partial charge on any atom is 0.335 e. The third-order valence-electron chi connectivity index (χ3n) is 1.53. The predicted octanol–water partition coefficient (Wildman–Crippen LogP) is -0.385. The molecule has 100 valence electrons. The molecule has 0 radical (unpaired) electrons. The molecule has 0 aromatic heterocycles. The van der Waals surface area contributed by atoms with Crippen LogP contribution in [0.25, 0.3) is 0 Å². The van der Waals surface area contributed by atoms with Crippen molar-refractivity contribution in [1.29, 1.82) is 0 Å². The van der Waals surface area contributed by atoms with E-state index in [0.717, 1.165) is 0 Å². The van der Waals surface area contributed by atoms with E-state index >= 15 is 0 Å². The molecule has 0 spiro atoms. The standard InChI is InChI=1S/C9H18NO6P/c1-7(2)9(11)15-8(6-10(3,4)5)16-17(12,13)14/h8H,1,6H2,2-5H3,(H-,12,13,14). The fourth-order valence-electron chi connectivity index (χ4n) is 0.908. The summed E-state index contributed by atoms with van der Waals surface area (Å²) in [4.78, 5) is 30.5. The molecule has 0 saturated carbocycles. The number of phosphoric ester groups is 1. The van der Waals surface area contributed by atoms with Gasteiger partial charge in [-0.15, -0.1) is 0 Å². The molecule has 0 aliphatic heterocycles. The van der Waals surface area contributed by atoms with E-state index in [0.29, 0.717) is 0 Å². The predicted molar refractivity (Wildman–Crippen MR) is 58.5 cm³/mol. The monoisotopic (exact) mass is 267 g/mol. The Labute approximate surface area is 100 Å². The van der Waals surface area contributed by atoms with Gasteiger partial charge in [-0.1, -0.05) is 6.58 Å². The first-order valence-corrected chi connectivity index (χ1v) is 6.29. The molecule has 0 aliphatic carbocycles. The van der Waals surface area contributed by atoms with E-state index in [9.17, 15) is 14.3 Å². The Morgan fingerprint density at radius 3 is 2.29 bits per heavy atom. The number of carbonyl (C=O) groups is 1. The second kappa shape index (κ2) is 5.75. The van der Waals surface area contributed by atoms with Crippen molar-refractivity contribution in [2.45, 2.75) is 13.2 Å². The quantitative estimate of drug-likeness (QED) is 0.231. The van der Waals surface area contributed by atoms with E-state index < -0.39 is 20.1 Å². The number of likely N-dealkylation sites (N-methyl/N-ethyl adjacent to an activating group) is 1. The Hall–Kier alpha value is -0.720. The summed E-state index contributed by atoms with van der Waals surface area (Å²) >= 11 is 0. The molecule has 1 N–H and O–H groups in total. The second-order valence-electron chi connectivity index (χ2n) is 4.66. The summed E-state index contributed by atoms with van der Waals surface area (Å²) in [5.41, 5.74) is 0.110. The van der Waals surface area contributed by atoms with Gasteiger partial charge in [-0.3, -0.25) is 9.09 Å². The van der Waals surface area contributed by atoms with Crippen LogP contribution in [0.2, 0.25) is 0 Å². The lowest BCUT2D eigenvalue weighted by Crippen LogP contribution is -2.44. The fourth-order valence-corrected chi connectivity index (χ4v) is 1.31. The summed E-state index contributed by atoms with van der Waals surface area (Å²) in [6.45, 7) is 4.84. The van der Waals surface area contributed by atoms with Crippen molar-refractivity contribution >= 4 is 13.8 Å². The number of esters is 1. The third kappa shape index (κ3) is 9.02. The lowest BCUT2D eigenvalue weighted by atomic mass is 10.4. The number of quaternary nitrogens is 1. The van der Waals surface area contributed by atoms with Gasteiger partial charge in [0.05, 0.1) is 21.1 Å². The topological polar surface area (TPSA) is 95.9 Å². The van der Waals surface area contributed by atoms with Gasteiger partial charge in [-0.2, -0.15) is 0 Å². The number of hydrogen-bond acceptors (Lipinski definition) is 5. The molecule has 0 aromatic rings. The minimum Gasteiger partial charge on any atom is -0.756 e. The highest BCUT2D eigenvalue weighted by Crippen LogP contribution is 2.33. The minimum atomic E-state index is -4.96. The molecule has 8 heteroatoms. The molecule has 7 nitrogen and oxygen atoms in total. The van der Waals surface area contributed by atoms with E-state index in [1.165, 1.54) is 6.92 Å². The second-order valence-corrected chi connectivity index (χ2v) is 5.81. The van der Waals surface area contributed by atoms with Crippen LogP contribution in [-0.4, -0.2) is 49.3 Å². The van der Waals surface area contributed by atoms with E-state index in [2.05, 4.69) is 11.1 Å². The molecule has 0 rings (SSSR count). The zero-order valence-electron chi connectivity index (χ0n) is 10.4. The van der Waals surface area contributed by atoms with Crippen molar-refractivity contribution in [3.8, 4) is 0 Å². The van der Waals surface area contributed by atoms with E-state index in [4.69, 9.17) is 9.63 Å². The summed E-state index contributed by atoms with van der Waals surface area (Å²) in [7, 11) is 0.283. The van der Waals surface area contributed by atoms with Crippen LogP contribution >= 0.6 is 7.82 Å². The maximum absolute atomic E-state index is 11.2. The first-order chi connectivity index (χ1) is 7.41. The van der Waals surface area contributed by atoms with Crippen molar-refractivity contribution in [2.24, 2.45) is 0 Å². The first-order valence-electron chi connectivity index (χ1n) is 4.80. The Balaban J connectivity index is 4.69. The fraction of sp³-hybridized carbons (Fsp3) is 0.667. The van der Waals surface area contributed by atoms with Gasteiger partial charge in [0, 0.05) is 5.57 Å². The molecule has 0 bridgehead atoms. The summed E-state index contributed by atoms with van der Waals surface area (Å²) < 4.78 is 20.0. The highest BCUT2D eigenvalue weighted by molar-refractivity contribution is 7.44. The Kier molecular flexibility index (Phi) is 5.51. The summed E-state index contributed by atoms with van der Waals surface area (Å²) in [6.07, 6.45) is -1.38. The number of rotatable bonds is 6. The normalized spacial score (nSPS) is 17.1. The molecule has 2 unspecified atom stereocenters. The summed E-state index contributed by atoms with van der Waals surface area (Å²) in [6, 6.07) is 0. The van der Waals surface area contributed by atoms with Gasteiger partial charge in [-0.25, -0.2) is 4.79 Å². The number of carbonyl (C=O) groups excluding carboxylic acids is 1. The van der Waals surface area contributed by atoms with Crippen molar-refractivity contribution in [3.05, 3.63) is 12.2 Å². The highest BCUT2D eigenvalue weighted by atomic mass is 31.2. The Morgan fingerprint density at radius 2 is 2.00 bits per heavy atom. The number of nitrogens with zero attached hydrogens (tertiary/aromatic N) is 1. The van der Waals surface area contributed by atoms with Gasteiger partial charge in [0.15, 0.2) is 0 Å². The smallest absolute Gasteiger partial charge is 0.335 e. The Bertz CT molecular complexity index is 342. The molecule has 0 amide bonds. The van der Waals surface area contributed by atoms with Crippen LogP contribution in [0.3, 0.4) is 0 Å². The summed E-state index contributed by atoms with van der Waals surface area (Å²) in [5.74, 6) is -0.781. The van der Waals surface area contributed by atoms with Crippen LogP contribution in [0.1, 0.15) is 6.92 Å². The minimum absolute atomic E-state index is 0.0613. The van der Waals surface area contributed by atoms with Crippen LogP contribution in [-0.2, 0) is 18.6 Å². The highest BCUT2D eigenvalue weighted by Gasteiger charge is 2.26. The summed E-state index contributed by atoms with van der Waals surface area (Å²) in [5, 5.41) is 0. The number of hydrogen-bond donors (Lipinski definition) is 1. The van der Waals surface area contributed by atoms with E-state index in [1.807, 2.05) is 0 Å². The molecule has 0 aromatic carbocycles.